The van der Waals surface area contributed by atoms with Crippen LogP contribution >= 0.6 is 11.6 Å². The van der Waals surface area contributed by atoms with E-state index in [2.05, 4.69) is 30.9 Å². The molecule has 0 saturated carbocycles. The highest BCUT2D eigenvalue weighted by molar-refractivity contribution is 6.31. The third kappa shape index (κ3) is 4.79. The first-order valence-corrected chi connectivity index (χ1v) is 7.55. The van der Waals surface area contributed by atoms with Crippen LogP contribution in [0.4, 0.5) is 0 Å². The summed E-state index contributed by atoms with van der Waals surface area (Å²) in [5.74, 6) is 0. The SMILES string of the molecule is CCc1nn(CC)c(CN(C)CCCCCO)c1Cl. The van der Waals surface area contributed by atoms with Crippen LogP contribution in [0, 0.1) is 0 Å². The maximum atomic E-state index is 8.76. The van der Waals surface area contributed by atoms with Crippen LogP contribution in [-0.2, 0) is 19.5 Å². The van der Waals surface area contributed by atoms with Crippen LogP contribution < -0.4 is 0 Å². The molecule has 0 unspecified atom stereocenters. The van der Waals surface area contributed by atoms with Gasteiger partial charge >= 0.3 is 0 Å². The molecule has 0 amide bonds. The molecule has 0 radical (unpaired) electrons. The first-order valence-electron chi connectivity index (χ1n) is 7.17. The molecule has 0 aliphatic carbocycles. The van der Waals surface area contributed by atoms with E-state index in [0.717, 1.165) is 61.7 Å². The summed E-state index contributed by atoms with van der Waals surface area (Å²) >= 11 is 6.39. The monoisotopic (exact) mass is 287 g/mol. The zero-order valence-electron chi connectivity index (χ0n) is 12.3. The summed E-state index contributed by atoms with van der Waals surface area (Å²) in [7, 11) is 2.11. The molecule has 1 aromatic heterocycles. The van der Waals surface area contributed by atoms with Gasteiger partial charge in [0.2, 0.25) is 0 Å². The molecule has 0 spiro atoms. The first-order chi connectivity index (χ1) is 9.13. The summed E-state index contributed by atoms with van der Waals surface area (Å²) in [6, 6.07) is 0. The zero-order chi connectivity index (χ0) is 14.3. The van der Waals surface area contributed by atoms with Gasteiger partial charge in [-0.05, 0) is 46.2 Å². The van der Waals surface area contributed by atoms with E-state index in [1.54, 1.807) is 0 Å². The number of aliphatic hydroxyl groups excluding tert-OH is 1. The van der Waals surface area contributed by atoms with Gasteiger partial charge in [0, 0.05) is 19.7 Å². The largest absolute Gasteiger partial charge is 0.396 e. The molecule has 1 N–H and O–H groups in total. The van der Waals surface area contributed by atoms with Crippen LogP contribution in [0.1, 0.15) is 44.5 Å². The van der Waals surface area contributed by atoms with Crippen LogP contribution in [0.5, 0.6) is 0 Å². The van der Waals surface area contributed by atoms with Gasteiger partial charge in [0.05, 0.1) is 16.4 Å². The van der Waals surface area contributed by atoms with E-state index in [-0.39, 0.29) is 6.61 Å². The minimum absolute atomic E-state index is 0.290. The van der Waals surface area contributed by atoms with Gasteiger partial charge < -0.3 is 10.0 Å². The minimum Gasteiger partial charge on any atom is -0.396 e. The van der Waals surface area contributed by atoms with Crippen molar-refractivity contribution < 1.29 is 5.11 Å². The van der Waals surface area contributed by atoms with E-state index in [4.69, 9.17) is 16.7 Å². The van der Waals surface area contributed by atoms with Crippen LogP contribution in [-0.4, -0.2) is 40.0 Å². The highest BCUT2D eigenvalue weighted by Gasteiger charge is 2.15. The van der Waals surface area contributed by atoms with Crippen LogP contribution in [0.15, 0.2) is 0 Å². The number of aliphatic hydroxyl groups is 1. The first kappa shape index (κ1) is 16.5. The number of rotatable bonds is 9. The minimum atomic E-state index is 0.290. The number of aryl methyl sites for hydroxylation is 2. The molecule has 1 rings (SSSR count). The Hall–Kier alpha value is -0.580. The van der Waals surface area contributed by atoms with Crippen LogP contribution in [0.2, 0.25) is 5.02 Å². The average Bonchev–Trinajstić information content (AvgIpc) is 2.71. The van der Waals surface area contributed by atoms with Crippen molar-refractivity contribution in [2.75, 3.05) is 20.2 Å². The van der Waals surface area contributed by atoms with Gasteiger partial charge in [-0.3, -0.25) is 4.68 Å². The molecule has 0 saturated heterocycles. The molecule has 110 valence electrons. The lowest BCUT2D eigenvalue weighted by Crippen LogP contribution is -2.21. The van der Waals surface area contributed by atoms with Crippen molar-refractivity contribution in [1.29, 1.82) is 0 Å². The summed E-state index contributed by atoms with van der Waals surface area (Å²) < 4.78 is 2.01. The van der Waals surface area contributed by atoms with E-state index in [9.17, 15) is 0 Å². The van der Waals surface area contributed by atoms with Crippen molar-refractivity contribution in [3.05, 3.63) is 16.4 Å². The molecular weight excluding hydrogens is 262 g/mol. The predicted molar refractivity (Wildman–Crippen MR) is 79.6 cm³/mol. The fraction of sp³-hybridized carbons (Fsp3) is 0.786. The van der Waals surface area contributed by atoms with Crippen molar-refractivity contribution >= 4 is 11.6 Å². The maximum Gasteiger partial charge on any atom is 0.0863 e. The fourth-order valence-corrected chi connectivity index (χ4v) is 2.50. The van der Waals surface area contributed by atoms with Crippen molar-refractivity contribution in [1.82, 2.24) is 14.7 Å². The standard InChI is InChI=1S/C14H26ClN3O/c1-4-12-14(15)13(18(5-2)16-12)11-17(3)9-7-6-8-10-19/h19H,4-11H2,1-3H3. The third-order valence-electron chi connectivity index (χ3n) is 3.31. The number of hydrogen-bond donors (Lipinski definition) is 1. The van der Waals surface area contributed by atoms with Crippen molar-refractivity contribution in [2.24, 2.45) is 0 Å². The lowest BCUT2D eigenvalue weighted by atomic mass is 10.2. The second-order valence-electron chi connectivity index (χ2n) is 4.90. The molecule has 0 aliphatic heterocycles. The summed E-state index contributed by atoms with van der Waals surface area (Å²) in [5, 5.41) is 14.1. The Labute approximate surface area is 121 Å². The van der Waals surface area contributed by atoms with E-state index in [1.807, 2.05) is 4.68 Å². The van der Waals surface area contributed by atoms with Crippen LogP contribution in [0.3, 0.4) is 0 Å². The Morgan fingerprint density at radius 2 is 2.00 bits per heavy atom. The number of unbranched alkanes of at least 4 members (excludes halogenated alkanes) is 2. The van der Waals surface area contributed by atoms with E-state index < -0.39 is 0 Å². The molecule has 5 heteroatoms. The molecule has 0 aromatic carbocycles. The lowest BCUT2D eigenvalue weighted by molar-refractivity contribution is 0.269. The second kappa shape index (κ2) is 8.56. The van der Waals surface area contributed by atoms with Crippen LogP contribution in [0.25, 0.3) is 0 Å². The van der Waals surface area contributed by atoms with Gasteiger partial charge in [0.25, 0.3) is 0 Å². The highest BCUT2D eigenvalue weighted by atomic mass is 35.5. The Kier molecular flexibility index (Phi) is 7.42. The Bertz CT molecular complexity index is 379. The summed E-state index contributed by atoms with van der Waals surface area (Å²) in [4.78, 5) is 2.27. The van der Waals surface area contributed by atoms with Gasteiger partial charge in [0.15, 0.2) is 0 Å². The summed E-state index contributed by atoms with van der Waals surface area (Å²) in [6.07, 6.45) is 3.94. The molecule has 0 atom stereocenters. The van der Waals surface area contributed by atoms with Crippen molar-refractivity contribution in [3.63, 3.8) is 0 Å². The average molecular weight is 288 g/mol. The molecule has 1 heterocycles. The van der Waals surface area contributed by atoms with E-state index in [0.29, 0.717) is 0 Å². The molecule has 19 heavy (non-hydrogen) atoms. The van der Waals surface area contributed by atoms with E-state index in [1.165, 1.54) is 0 Å². The molecule has 0 bridgehead atoms. The Morgan fingerprint density at radius 1 is 1.26 bits per heavy atom. The molecule has 1 aromatic rings. The second-order valence-corrected chi connectivity index (χ2v) is 5.28. The number of nitrogens with zero attached hydrogens (tertiary/aromatic N) is 3. The van der Waals surface area contributed by atoms with Crippen molar-refractivity contribution in [2.45, 2.75) is 52.6 Å². The van der Waals surface area contributed by atoms with Gasteiger partial charge in [-0.25, -0.2) is 0 Å². The molecule has 0 aliphatic rings. The zero-order valence-corrected chi connectivity index (χ0v) is 13.1. The topological polar surface area (TPSA) is 41.3 Å². The van der Waals surface area contributed by atoms with Gasteiger partial charge in [-0.2, -0.15) is 5.10 Å². The summed E-state index contributed by atoms with van der Waals surface area (Å²) in [6.45, 7) is 7.17. The molecular formula is C14H26ClN3O. The number of aromatic nitrogens is 2. The highest BCUT2D eigenvalue weighted by Crippen LogP contribution is 2.22. The normalized spacial score (nSPS) is 11.5. The number of halogens is 1. The molecule has 4 nitrogen and oxygen atoms in total. The van der Waals surface area contributed by atoms with Gasteiger partial charge in [-0.15, -0.1) is 0 Å². The lowest BCUT2D eigenvalue weighted by Gasteiger charge is -2.17. The Morgan fingerprint density at radius 3 is 2.58 bits per heavy atom. The fourth-order valence-electron chi connectivity index (χ4n) is 2.17. The smallest absolute Gasteiger partial charge is 0.0863 e. The Balaban J connectivity index is 2.57. The van der Waals surface area contributed by atoms with Gasteiger partial charge in [0.1, 0.15) is 0 Å². The predicted octanol–water partition coefficient (Wildman–Crippen LogP) is 2.71. The van der Waals surface area contributed by atoms with E-state index >= 15 is 0 Å². The number of hydrogen-bond acceptors (Lipinski definition) is 3. The third-order valence-corrected chi connectivity index (χ3v) is 3.75. The molecule has 0 fully saturated rings. The van der Waals surface area contributed by atoms with Gasteiger partial charge in [-0.1, -0.05) is 18.5 Å². The maximum absolute atomic E-state index is 8.76. The van der Waals surface area contributed by atoms with Crippen molar-refractivity contribution in [3.8, 4) is 0 Å². The quantitative estimate of drug-likeness (QED) is 0.710. The summed E-state index contributed by atoms with van der Waals surface area (Å²) in [5.41, 5.74) is 2.11.